The maximum atomic E-state index is 12.4. The third-order valence-corrected chi connectivity index (χ3v) is 10.8. The number of carbonyl (C=O) groups is 3. The fraction of sp³-hybridized carbons (Fsp3) is 0.839. The molecule has 0 radical (unpaired) electrons. The lowest BCUT2D eigenvalue weighted by molar-refractivity contribution is -0.201. The van der Waals surface area contributed by atoms with Crippen LogP contribution in [0.15, 0.2) is 11.6 Å². The third-order valence-electron chi connectivity index (χ3n) is 10.8. The lowest BCUT2D eigenvalue weighted by Gasteiger charge is -2.60. The highest BCUT2D eigenvalue weighted by Gasteiger charge is 2.69. The normalized spacial score (nSPS) is 40.7. The molecular weight excluding hydrogens is 468 g/mol. The predicted molar refractivity (Wildman–Crippen MR) is 141 cm³/mol. The SMILES string of the molecule is CC(=O)O[C@H]1CC2C3CCC4=CC(=O)CC[C@]4(C)C3C[C@@H](OC(C)=O)[C@]2(C)[C@H]1[C@@](C)(O)CCCC(C)C. The van der Waals surface area contributed by atoms with E-state index in [4.69, 9.17) is 9.47 Å². The van der Waals surface area contributed by atoms with E-state index in [9.17, 15) is 19.5 Å². The first-order valence-corrected chi connectivity index (χ1v) is 14.5. The van der Waals surface area contributed by atoms with Crippen molar-refractivity contribution < 1.29 is 29.0 Å². The molecule has 4 rings (SSSR count). The van der Waals surface area contributed by atoms with Crippen molar-refractivity contribution in [1.29, 1.82) is 0 Å². The van der Waals surface area contributed by atoms with Crippen LogP contribution in [-0.4, -0.2) is 40.6 Å². The Bertz CT molecular complexity index is 949. The molecule has 37 heavy (non-hydrogen) atoms. The minimum Gasteiger partial charge on any atom is -0.462 e. The molecule has 3 saturated carbocycles. The minimum absolute atomic E-state index is 0.0919. The van der Waals surface area contributed by atoms with Crippen molar-refractivity contribution in [3.8, 4) is 0 Å². The lowest BCUT2D eigenvalue weighted by Crippen LogP contribution is -2.60. The van der Waals surface area contributed by atoms with E-state index in [2.05, 4.69) is 27.7 Å². The average molecular weight is 517 g/mol. The van der Waals surface area contributed by atoms with Gasteiger partial charge < -0.3 is 14.6 Å². The first-order valence-electron chi connectivity index (χ1n) is 14.5. The van der Waals surface area contributed by atoms with Gasteiger partial charge in [0.2, 0.25) is 0 Å². The Labute approximate surface area is 222 Å². The molecule has 0 aromatic rings. The summed E-state index contributed by atoms with van der Waals surface area (Å²) in [7, 11) is 0. The van der Waals surface area contributed by atoms with Crippen LogP contribution in [0, 0.1) is 40.4 Å². The third kappa shape index (κ3) is 5.04. The van der Waals surface area contributed by atoms with Gasteiger partial charge in [0.15, 0.2) is 5.78 Å². The van der Waals surface area contributed by atoms with Gasteiger partial charge in [-0.05, 0) is 80.6 Å². The van der Waals surface area contributed by atoms with Crippen LogP contribution < -0.4 is 0 Å². The molecule has 4 aliphatic rings. The molecular formula is C31H48O6. The zero-order valence-corrected chi connectivity index (χ0v) is 24.0. The van der Waals surface area contributed by atoms with Gasteiger partial charge in [0, 0.05) is 31.6 Å². The molecule has 3 unspecified atom stereocenters. The Morgan fingerprint density at radius 2 is 1.78 bits per heavy atom. The van der Waals surface area contributed by atoms with E-state index in [1.54, 1.807) is 0 Å². The van der Waals surface area contributed by atoms with Crippen molar-refractivity contribution >= 4 is 17.7 Å². The van der Waals surface area contributed by atoms with Gasteiger partial charge in [0.05, 0.1) is 5.60 Å². The molecule has 0 saturated heterocycles. The molecule has 3 fully saturated rings. The lowest BCUT2D eigenvalue weighted by atomic mass is 9.45. The zero-order valence-electron chi connectivity index (χ0n) is 24.0. The van der Waals surface area contributed by atoms with Gasteiger partial charge in [-0.2, -0.15) is 0 Å². The molecule has 0 aromatic heterocycles. The van der Waals surface area contributed by atoms with Crippen molar-refractivity contribution in [2.75, 3.05) is 0 Å². The fourth-order valence-corrected chi connectivity index (χ4v) is 9.30. The first kappa shape index (κ1) is 28.3. The molecule has 0 amide bonds. The van der Waals surface area contributed by atoms with E-state index >= 15 is 0 Å². The van der Waals surface area contributed by atoms with Crippen molar-refractivity contribution in [2.45, 2.75) is 124 Å². The molecule has 0 bridgehead atoms. The summed E-state index contributed by atoms with van der Waals surface area (Å²) >= 11 is 0. The number of fused-ring (bicyclic) bond motifs is 5. The molecule has 1 N–H and O–H groups in total. The Hall–Kier alpha value is -1.69. The van der Waals surface area contributed by atoms with Gasteiger partial charge in [0.25, 0.3) is 0 Å². The number of hydrogen-bond donors (Lipinski definition) is 1. The fourth-order valence-electron chi connectivity index (χ4n) is 9.30. The van der Waals surface area contributed by atoms with Crippen LogP contribution in [0.3, 0.4) is 0 Å². The Morgan fingerprint density at radius 1 is 1.11 bits per heavy atom. The summed E-state index contributed by atoms with van der Waals surface area (Å²) in [5.74, 6) is 0.588. The Morgan fingerprint density at radius 3 is 2.41 bits per heavy atom. The number of allylic oxidation sites excluding steroid dienone is 1. The van der Waals surface area contributed by atoms with Gasteiger partial charge in [-0.25, -0.2) is 0 Å². The molecule has 6 nitrogen and oxygen atoms in total. The maximum absolute atomic E-state index is 12.4. The predicted octanol–water partition coefficient (Wildman–Crippen LogP) is 5.80. The highest BCUT2D eigenvalue weighted by Crippen LogP contribution is 2.69. The van der Waals surface area contributed by atoms with Crippen molar-refractivity contribution in [2.24, 2.45) is 40.4 Å². The quantitative estimate of drug-likeness (QED) is 0.431. The molecule has 208 valence electrons. The highest BCUT2D eigenvalue weighted by atomic mass is 16.6. The molecule has 0 aromatic carbocycles. The second-order valence-electron chi connectivity index (χ2n) is 13.7. The van der Waals surface area contributed by atoms with Crippen molar-refractivity contribution in [3.05, 3.63) is 11.6 Å². The number of ketones is 1. The topological polar surface area (TPSA) is 89.9 Å². The molecule has 9 atom stereocenters. The van der Waals surface area contributed by atoms with Crippen LogP contribution in [0.25, 0.3) is 0 Å². The smallest absolute Gasteiger partial charge is 0.302 e. The summed E-state index contributed by atoms with van der Waals surface area (Å²) in [4.78, 5) is 37.0. The summed E-state index contributed by atoms with van der Waals surface area (Å²) < 4.78 is 12.1. The maximum Gasteiger partial charge on any atom is 0.302 e. The van der Waals surface area contributed by atoms with Crippen LogP contribution in [0.5, 0.6) is 0 Å². The van der Waals surface area contributed by atoms with E-state index < -0.39 is 17.1 Å². The number of aliphatic hydroxyl groups is 1. The second-order valence-corrected chi connectivity index (χ2v) is 13.7. The minimum atomic E-state index is -1.06. The number of rotatable bonds is 7. The summed E-state index contributed by atoms with van der Waals surface area (Å²) in [6.07, 6.45) is 8.26. The van der Waals surface area contributed by atoms with E-state index in [0.717, 1.165) is 32.1 Å². The second kappa shape index (κ2) is 10.1. The number of esters is 2. The van der Waals surface area contributed by atoms with E-state index in [0.29, 0.717) is 37.5 Å². The van der Waals surface area contributed by atoms with E-state index in [1.165, 1.54) is 19.4 Å². The molecule has 6 heteroatoms. The van der Waals surface area contributed by atoms with Gasteiger partial charge in [0.1, 0.15) is 12.2 Å². The number of carbonyl (C=O) groups excluding carboxylic acids is 3. The van der Waals surface area contributed by atoms with Crippen LogP contribution in [0.1, 0.15) is 106 Å². The van der Waals surface area contributed by atoms with E-state index in [1.807, 2.05) is 13.0 Å². The van der Waals surface area contributed by atoms with Crippen LogP contribution in [-0.2, 0) is 23.9 Å². The van der Waals surface area contributed by atoms with Gasteiger partial charge in [-0.15, -0.1) is 0 Å². The van der Waals surface area contributed by atoms with Crippen molar-refractivity contribution in [3.63, 3.8) is 0 Å². The monoisotopic (exact) mass is 516 g/mol. The summed E-state index contributed by atoms with van der Waals surface area (Å²) in [6, 6.07) is 0. The number of hydrogen-bond acceptors (Lipinski definition) is 6. The van der Waals surface area contributed by atoms with Crippen LogP contribution in [0.2, 0.25) is 0 Å². The average Bonchev–Trinajstić information content (AvgIpc) is 3.07. The Balaban J connectivity index is 1.77. The molecule has 4 aliphatic carbocycles. The zero-order chi connectivity index (χ0) is 27.3. The summed E-state index contributed by atoms with van der Waals surface area (Å²) in [5.41, 5.74) is -0.422. The van der Waals surface area contributed by atoms with Crippen LogP contribution >= 0.6 is 0 Å². The largest absolute Gasteiger partial charge is 0.462 e. The first-order chi connectivity index (χ1) is 17.2. The van der Waals surface area contributed by atoms with Crippen molar-refractivity contribution in [1.82, 2.24) is 0 Å². The number of ether oxygens (including phenoxy) is 2. The molecule has 0 spiro atoms. The molecule has 0 aliphatic heterocycles. The van der Waals surface area contributed by atoms with Gasteiger partial charge in [-0.3, -0.25) is 14.4 Å². The van der Waals surface area contributed by atoms with Crippen LogP contribution in [0.4, 0.5) is 0 Å². The van der Waals surface area contributed by atoms with Gasteiger partial charge >= 0.3 is 11.9 Å². The summed E-state index contributed by atoms with van der Waals surface area (Å²) in [6.45, 7) is 13.7. The van der Waals surface area contributed by atoms with Gasteiger partial charge in [-0.1, -0.05) is 46.1 Å². The molecule has 0 heterocycles. The highest BCUT2D eigenvalue weighted by molar-refractivity contribution is 5.91. The Kier molecular flexibility index (Phi) is 7.75. The summed E-state index contributed by atoms with van der Waals surface area (Å²) in [5, 5.41) is 12.1. The standard InChI is InChI=1S/C31H48O6/c1-18(2)9-8-13-30(6,35)28-26(36-19(3)32)16-25-23-11-10-21-15-22(34)12-14-29(21,5)24(23)17-27(31(25,28)7)37-20(4)33/h15,18,23-28,35H,8-14,16-17H2,1-7H3/t23?,24?,25?,26-,27+,28+,29-,30-,31+/m0/s1. The van der Waals surface area contributed by atoms with E-state index in [-0.39, 0.29) is 47.0 Å².